The van der Waals surface area contributed by atoms with Gasteiger partial charge in [-0.25, -0.2) is 0 Å². The number of aromatic amines is 1. The minimum absolute atomic E-state index is 0.170. The molecule has 7 heteroatoms. The number of aromatic nitrogens is 1. The van der Waals surface area contributed by atoms with E-state index in [4.69, 9.17) is 0 Å². The zero-order valence-corrected chi connectivity index (χ0v) is 14.9. The molecule has 2 aliphatic rings. The van der Waals surface area contributed by atoms with Crippen molar-refractivity contribution in [1.82, 2.24) is 14.8 Å². The summed E-state index contributed by atoms with van der Waals surface area (Å²) in [4.78, 5) is 33.8. The molecule has 0 aliphatic carbocycles. The van der Waals surface area contributed by atoms with E-state index in [0.717, 1.165) is 31.7 Å². The van der Waals surface area contributed by atoms with Crippen molar-refractivity contribution in [2.75, 3.05) is 37.7 Å². The van der Waals surface area contributed by atoms with Crippen LogP contribution >= 0.6 is 0 Å². The quantitative estimate of drug-likeness (QED) is 0.792. The number of para-hydroxylation sites is 1. The molecule has 2 unspecified atom stereocenters. The first-order valence-electron chi connectivity index (χ1n) is 9.12. The average molecular weight is 356 g/mol. The molecule has 0 radical (unpaired) electrons. The van der Waals surface area contributed by atoms with Crippen molar-refractivity contribution in [3.05, 3.63) is 30.5 Å². The van der Waals surface area contributed by atoms with Crippen molar-refractivity contribution >= 4 is 28.4 Å². The number of H-pyrrole nitrogens is 1. The average Bonchev–Trinajstić information content (AvgIpc) is 3.25. The van der Waals surface area contributed by atoms with Gasteiger partial charge in [0.05, 0.1) is 36.3 Å². The first-order valence-corrected chi connectivity index (χ1v) is 9.12. The lowest BCUT2D eigenvalue weighted by molar-refractivity contribution is -0.143. The number of amides is 2. The second-order valence-corrected chi connectivity index (χ2v) is 7.10. The lowest BCUT2D eigenvalue weighted by Gasteiger charge is -2.38. The first-order chi connectivity index (χ1) is 12.6. The fourth-order valence-electron chi connectivity index (χ4n) is 4.07. The van der Waals surface area contributed by atoms with Crippen molar-refractivity contribution in [2.45, 2.75) is 25.4 Å². The van der Waals surface area contributed by atoms with Crippen molar-refractivity contribution in [1.29, 1.82) is 0 Å². The lowest BCUT2D eigenvalue weighted by atomic mass is 10.1. The Hall–Kier alpha value is -2.38. The third-order valence-corrected chi connectivity index (χ3v) is 5.53. The van der Waals surface area contributed by atoms with Gasteiger partial charge >= 0.3 is 0 Å². The van der Waals surface area contributed by atoms with Crippen LogP contribution in [-0.2, 0) is 9.59 Å². The number of nitrogens with one attached hydrogen (secondary N) is 1. The summed E-state index contributed by atoms with van der Waals surface area (Å²) in [5, 5.41) is 10.5. The van der Waals surface area contributed by atoms with Crippen LogP contribution in [0.15, 0.2) is 30.5 Å². The summed E-state index contributed by atoms with van der Waals surface area (Å²) in [6.07, 6.45) is 2.17. The lowest BCUT2D eigenvalue weighted by Crippen LogP contribution is -2.53. The number of rotatable bonds is 4. The zero-order valence-electron chi connectivity index (χ0n) is 14.9. The van der Waals surface area contributed by atoms with Crippen LogP contribution in [0.25, 0.3) is 10.9 Å². The maximum atomic E-state index is 12.6. The first kappa shape index (κ1) is 17.1. The molecule has 2 atom stereocenters. The number of fused-ring (bicyclic) bond motifs is 1. The second kappa shape index (κ2) is 6.74. The van der Waals surface area contributed by atoms with Gasteiger partial charge in [-0.3, -0.25) is 19.4 Å². The van der Waals surface area contributed by atoms with E-state index in [1.165, 1.54) is 16.0 Å². The fourth-order valence-corrected chi connectivity index (χ4v) is 4.07. The Morgan fingerprint density at radius 2 is 1.96 bits per heavy atom. The van der Waals surface area contributed by atoms with E-state index in [9.17, 15) is 14.7 Å². The van der Waals surface area contributed by atoms with Gasteiger partial charge in [-0.1, -0.05) is 12.1 Å². The van der Waals surface area contributed by atoms with E-state index < -0.39 is 6.04 Å². The number of carbonyl (C=O) groups excluding carboxylic acids is 2. The number of benzene rings is 1. The van der Waals surface area contributed by atoms with Crippen molar-refractivity contribution in [3.63, 3.8) is 0 Å². The number of hydrogen-bond donors (Lipinski definition) is 2. The van der Waals surface area contributed by atoms with Gasteiger partial charge in [-0.2, -0.15) is 0 Å². The molecule has 138 valence electrons. The monoisotopic (exact) mass is 356 g/mol. The molecule has 0 bridgehead atoms. The van der Waals surface area contributed by atoms with Gasteiger partial charge in [0.2, 0.25) is 11.8 Å². The van der Waals surface area contributed by atoms with Crippen LogP contribution in [0, 0.1) is 0 Å². The fraction of sp³-hybridized carbons (Fsp3) is 0.474. The van der Waals surface area contributed by atoms with Crippen LogP contribution in [0.2, 0.25) is 0 Å². The molecule has 2 fully saturated rings. The van der Waals surface area contributed by atoms with Crippen molar-refractivity contribution in [2.24, 2.45) is 0 Å². The number of piperazine rings is 1. The van der Waals surface area contributed by atoms with E-state index in [1.54, 1.807) is 6.92 Å². The number of anilines is 1. The number of aliphatic hydroxyl groups is 1. The van der Waals surface area contributed by atoms with E-state index in [-0.39, 0.29) is 30.9 Å². The highest BCUT2D eigenvalue weighted by Gasteiger charge is 2.44. The van der Waals surface area contributed by atoms with Gasteiger partial charge in [0.1, 0.15) is 0 Å². The van der Waals surface area contributed by atoms with Gasteiger partial charge < -0.3 is 15.0 Å². The highest BCUT2D eigenvalue weighted by molar-refractivity contribution is 6.05. The van der Waals surface area contributed by atoms with Crippen LogP contribution < -0.4 is 4.90 Å². The van der Waals surface area contributed by atoms with Crippen LogP contribution in [0.5, 0.6) is 0 Å². The third-order valence-electron chi connectivity index (χ3n) is 5.53. The molecule has 7 nitrogen and oxygen atoms in total. The van der Waals surface area contributed by atoms with Gasteiger partial charge in [-0.05, 0) is 19.1 Å². The van der Waals surface area contributed by atoms with Crippen LogP contribution in [0.4, 0.5) is 5.69 Å². The van der Waals surface area contributed by atoms with Crippen LogP contribution in [0.3, 0.4) is 0 Å². The molecular formula is C19H24N4O3. The minimum Gasteiger partial charge on any atom is -0.394 e. The number of imide groups is 1. The summed E-state index contributed by atoms with van der Waals surface area (Å²) in [6.45, 7) is 4.60. The SMILES string of the molecule is CC(CO)N1C(=O)CC(N2CCN(c3cccc4cc[nH]c34)CC2)C1=O. The van der Waals surface area contributed by atoms with Gasteiger partial charge in [0, 0.05) is 37.8 Å². The molecule has 1 aromatic carbocycles. The Bertz CT molecular complexity index is 825. The molecule has 3 heterocycles. The molecule has 1 aromatic heterocycles. The predicted octanol–water partition coefficient (Wildman–Crippen LogP) is 0.798. The molecule has 2 saturated heterocycles. The van der Waals surface area contributed by atoms with Crippen LogP contribution in [-0.4, -0.2) is 76.6 Å². The Morgan fingerprint density at radius 1 is 1.19 bits per heavy atom. The molecule has 2 aliphatic heterocycles. The highest BCUT2D eigenvalue weighted by Crippen LogP contribution is 2.28. The Kier molecular flexibility index (Phi) is 4.42. The summed E-state index contributed by atoms with van der Waals surface area (Å²) in [7, 11) is 0. The van der Waals surface area contributed by atoms with E-state index in [2.05, 4.69) is 39.0 Å². The highest BCUT2D eigenvalue weighted by atomic mass is 16.3. The summed E-state index contributed by atoms with van der Waals surface area (Å²) in [5.41, 5.74) is 2.31. The van der Waals surface area contributed by atoms with E-state index >= 15 is 0 Å². The summed E-state index contributed by atoms with van der Waals surface area (Å²) in [6, 6.07) is 7.49. The summed E-state index contributed by atoms with van der Waals surface area (Å²) >= 11 is 0. The number of carbonyl (C=O) groups is 2. The van der Waals surface area contributed by atoms with Gasteiger partial charge in [0.25, 0.3) is 0 Å². The minimum atomic E-state index is -0.452. The van der Waals surface area contributed by atoms with E-state index in [0.29, 0.717) is 0 Å². The Labute approximate surface area is 152 Å². The molecule has 2 aromatic rings. The normalized spacial score (nSPS) is 23.2. The van der Waals surface area contributed by atoms with Crippen molar-refractivity contribution < 1.29 is 14.7 Å². The van der Waals surface area contributed by atoms with Crippen molar-refractivity contribution in [3.8, 4) is 0 Å². The second-order valence-electron chi connectivity index (χ2n) is 7.10. The molecule has 2 N–H and O–H groups in total. The largest absolute Gasteiger partial charge is 0.394 e. The Morgan fingerprint density at radius 3 is 2.69 bits per heavy atom. The Balaban J connectivity index is 1.45. The molecular weight excluding hydrogens is 332 g/mol. The predicted molar refractivity (Wildman–Crippen MR) is 98.9 cm³/mol. The molecule has 0 spiro atoms. The van der Waals surface area contributed by atoms with E-state index in [1.807, 2.05) is 6.20 Å². The molecule has 0 saturated carbocycles. The number of hydrogen-bond acceptors (Lipinski definition) is 5. The standard InChI is InChI=1S/C19H24N4O3/c1-13(12-24)23-17(25)11-16(19(23)26)22-9-7-21(8-10-22)15-4-2-3-14-5-6-20-18(14)15/h2-6,13,16,20,24H,7-12H2,1H3. The smallest absolute Gasteiger partial charge is 0.247 e. The summed E-state index contributed by atoms with van der Waals surface area (Å²) < 4.78 is 0. The summed E-state index contributed by atoms with van der Waals surface area (Å²) in [5.74, 6) is -0.350. The topological polar surface area (TPSA) is 79.9 Å². The number of likely N-dealkylation sites (tertiary alicyclic amines) is 1. The molecule has 4 rings (SSSR count). The van der Waals surface area contributed by atoms with Crippen LogP contribution in [0.1, 0.15) is 13.3 Å². The van der Waals surface area contributed by atoms with Gasteiger partial charge in [-0.15, -0.1) is 0 Å². The molecule has 2 amide bonds. The molecule has 26 heavy (non-hydrogen) atoms. The third kappa shape index (κ3) is 2.77. The maximum Gasteiger partial charge on any atom is 0.247 e. The van der Waals surface area contributed by atoms with Gasteiger partial charge in [0.15, 0.2) is 0 Å². The zero-order chi connectivity index (χ0) is 18.3. The number of aliphatic hydroxyl groups excluding tert-OH is 1. The number of nitrogens with zero attached hydrogens (tertiary/aromatic N) is 3. The maximum absolute atomic E-state index is 12.6.